The number of benzene rings is 1. The first-order chi connectivity index (χ1) is 8.10. The van der Waals surface area contributed by atoms with E-state index < -0.39 is 12.2 Å². The van der Waals surface area contributed by atoms with Crippen LogP contribution in [0, 0.1) is 22.7 Å². The lowest BCUT2D eigenvalue weighted by Crippen LogP contribution is -2.15. The van der Waals surface area contributed by atoms with Gasteiger partial charge in [-0.3, -0.25) is 4.79 Å². The number of carbonyl (C=O) groups excluding carboxylic acids is 1. The molecule has 0 bridgehead atoms. The molecule has 0 heterocycles. The molecular weight excluding hydrogens is 220 g/mol. The summed E-state index contributed by atoms with van der Waals surface area (Å²) >= 11 is 0. The maximum atomic E-state index is 11.3. The van der Waals surface area contributed by atoms with E-state index in [1.807, 2.05) is 0 Å². The summed E-state index contributed by atoms with van der Waals surface area (Å²) in [5.41, 5.74) is 0.696. The smallest absolute Gasteiger partial charge is 0.176 e. The Hall–Kier alpha value is -2.21. The molecular formula is C12H10N2O3. The molecule has 0 aliphatic heterocycles. The highest BCUT2D eigenvalue weighted by Gasteiger charge is 2.17. The zero-order valence-corrected chi connectivity index (χ0v) is 8.87. The minimum Gasteiger partial charge on any atom is -0.385 e. The quantitative estimate of drug-likeness (QED) is 0.585. The van der Waals surface area contributed by atoms with Gasteiger partial charge in [-0.15, -0.1) is 0 Å². The van der Waals surface area contributed by atoms with Gasteiger partial charge < -0.3 is 10.2 Å². The van der Waals surface area contributed by atoms with Gasteiger partial charge in [-0.1, -0.05) is 24.3 Å². The number of aliphatic hydroxyl groups is 2. The third kappa shape index (κ3) is 3.12. The molecule has 17 heavy (non-hydrogen) atoms. The van der Waals surface area contributed by atoms with Gasteiger partial charge in [-0.25, -0.2) is 0 Å². The monoisotopic (exact) mass is 230 g/mol. The van der Waals surface area contributed by atoms with Crippen LogP contribution in [-0.2, 0) is 0 Å². The van der Waals surface area contributed by atoms with Crippen LogP contribution in [0.1, 0.15) is 28.4 Å². The summed E-state index contributed by atoms with van der Waals surface area (Å²) in [5, 5.41) is 35.4. The summed E-state index contributed by atoms with van der Waals surface area (Å²) in [7, 11) is 0. The first kappa shape index (κ1) is 12.9. The van der Waals surface area contributed by atoms with Gasteiger partial charge in [-0.2, -0.15) is 10.5 Å². The van der Waals surface area contributed by atoms with E-state index in [1.165, 1.54) is 30.3 Å². The Morgan fingerprint density at radius 3 is 2.29 bits per heavy atom. The molecule has 0 amide bonds. The van der Waals surface area contributed by atoms with Crippen LogP contribution in [0.5, 0.6) is 0 Å². The van der Waals surface area contributed by atoms with Gasteiger partial charge in [0, 0.05) is 5.56 Å². The maximum absolute atomic E-state index is 11.3. The lowest BCUT2D eigenvalue weighted by Gasteiger charge is -2.11. The SMILES string of the molecule is N#CCC(=O)c1ccc(C(O)C(O)C#N)cc1. The lowest BCUT2D eigenvalue weighted by molar-refractivity contribution is 0.0528. The molecule has 2 unspecified atom stereocenters. The Kier molecular flexibility index (Phi) is 4.36. The van der Waals surface area contributed by atoms with Gasteiger partial charge in [-0.05, 0) is 5.56 Å². The third-order valence-electron chi connectivity index (χ3n) is 2.25. The van der Waals surface area contributed by atoms with Crippen molar-refractivity contribution < 1.29 is 15.0 Å². The third-order valence-corrected chi connectivity index (χ3v) is 2.25. The molecule has 0 radical (unpaired) electrons. The molecule has 0 spiro atoms. The normalized spacial score (nSPS) is 13.2. The number of nitriles is 2. The van der Waals surface area contributed by atoms with Crippen LogP contribution in [0.3, 0.4) is 0 Å². The number of nitrogens with zero attached hydrogens (tertiary/aromatic N) is 2. The minimum atomic E-state index is -1.50. The fourth-order valence-electron chi connectivity index (χ4n) is 1.29. The summed E-state index contributed by atoms with van der Waals surface area (Å²) in [5.74, 6) is -0.311. The Bertz CT molecular complexity index is 482. The van der Waals surface area contributed by atoms with Crippen molar-refractivity contribution in [3.63, 3.8) is 0 Å². The molecule has 0 fully saturated rings. The van der Waals surface area contributed by atoms with Crippen molar-refractivity contribution in [2.24, 2.45) is 0 Å². The van der Waals surface area contributed by atoms with Crippen molar-refractivity contribution in [1.82, 2.24) is 0 Å². The van der Waals surface area contributed by atoms with Crippen LogP contribution >= 0.6 is 0 Å². The average molecular weight is 230 g/mol. The second-order valence-corrected chi connectivity index (χ2v) is 3.40. The lowest BCUT2D eigenvalue weighted by atomic mass is 10.0. The summed E-state index contributed by atoms with van der Waals surface area (Å²) in [6.45, 7) is 0. The van der Waals surface area contributed by atoms with Crippen molar-refractivity contribution in [3.8, 4) is 12.1 Å². The highest BCUT2D eigenvalue weighted by Crippen LogP contribution is 2.17. The van der Waals surface area contributed by atoms with Crippen molar-refractivity contribution in [3.05, 3.63) is 35.4 Å². The first-order valence-corrected chi connectivity index (χ1v) is 4.86. The van der Waals surface area contributed by atoms with E-state index in [0.717, 1.165) is 0 Å². The van der Waals surface area contributed by atoms with Crippen molar-refractivity contribution in [2.75, 3.05) is 0 Å². The number of carbonyl (C=O) groups is 1. The van der Waals surface area contributed by atoms with E-state index in [-0.39, 0.29) is 12.2 Å². The summed E-state index contributed by atoms with van der Waals surface area (Å²) in [6, 6.07) is 9.04. The fourth-order valence-corrected chi connectivity index (χ4v) is 1.29. The minimum absolute atomic E-state index is 0.206. The number of hydrogen-bond acceptors (Lipinski definition) is 5. The number of ketones is 1. The molecule has 0 aliphatic carbocycles. The Labute approximate surface area is 98.2 Å². The molecule has 5 nitrogen and oxygen atoms in total. The largest absolute Gasteiger partial charge is 0.385 e. The standard InChI is InChI=1S/C12H10N2O3/c13-6-5-10(15)8-1-3-9(4-2-8)12(17)11(16)7-14/h1-4,11-12,16-17H,5H2. The fraction of sp³-hybridized carbons (Fsp3) is 0.250. The summed E-state index contributed by atoms with van der Waals surface area (Å²) < 4.78 is 0. The van der Waals surface area contributed by atoms with Crippen molar-refractivity contribution in [2.45, 2.75) is 18.6 Å². The first-order valence-electron chi connectivity index (χ1n) is 4.86. The molecule has 1 rings (SSSR count). The van der Waals surface area contributed by atoms with Crippen molar-refractivity contribution >= 4 is 5.78 Å². The van der Waals surface area contributed by atoms with Crippen LogP contribution in [-0.4, -0.2) is 22.1 Å². The van der Waals surface area contributed by atoms with Crippen LogP contribution < -0.4 is 0 Å². The van der Waals surface area contributed by atoms with E-state index in [0.29, 0.717) is 11.1 Å². The van der Waals surface area contributed by atoms with Gasteiger partial charge in [0.1, 0.15) is 6.10 Å². The molecule has 0 aromatic heterocycles. The second kappa shape index (κ2) is 5.76. The van der Waals surface area contributed by atoms with E-state index in [9.17, 15) is 9.90 Å². The number of aliphatic hydroxyl groups excluding tert-OH is 2. The van der Waals surface area contributed by atoms with E-state index in [1.54, 1.807) is 6.07 Å². The molecule has 1 aromatic carbocycles. The van der Waals surface area contributed by atoms with Crippen LogP contribution in [0.25, 0.3) is 0 Å². The summed E-state index contributed by atoms with van der Waals surface area (Å²) in [6.07, 6.45) is -3.02. The van der Waals surface area contributed by atoms with Gasteiger partial charge >= 0.3 is 0 Å². The molecule has 2 N–H and O–H groups in total. The van der Waals surface area contributed by atoms with Crippen molar-refractivity contribution in [1.29, 1.82) is 10.5 Å². The van der Waals surface area contributed by atoms with Gasteiger partial charge in [0.25, 0.3) is 0 Å². The maximum Gasteiger partial charge on any atom is 0.176 e. The number of Topliss-reactive ketones (excluding diaryl/α,β-unsaturated/α-hetero) is 1. The molecule has 0 saturated heterocycles. The predicted molar refractivity (Wildman–Crippen MR) is 57.6 cm³/mol. The predicted octanol–water partition coefficient (Wildman–Crippen LogP) is 0.701. The Balaban J connectivity index is 2.86. The topological polar surface area (TPSA) is 105 Å². The van der Waals surface area contributed by atoms with Gasteiger partial charge in [0.15, 0.2) is 11.9 Å². The average Bonchev–Trinajstić information content (AvgIpc) is 2.37. The van der Waals surface area contributed by atoms with E-state index in [2.05, 4.69) is 0 Å². The Morgan fingerprint density at radius 2 is 1.82 bits per heavy atom. The van der Waals surface area contributed by atoms with Gasteiger partial charge in [0.05, 0.1) is 18.6 Å². The van der Waals surface area contributed by atoms with Crippen LogP contribution in [0.4, 0.5) is 0 Å². The number of hydrogen-bond donors (Lipinski definition) is 2. The zero-order chi connectivity index (χ0) is 12.8. The molecule has 1 aromatic rings. The highest BCUT2D eigenvalue weighted by molar-refractivity contribution is 5.97. The van der Waals surface area contributed by atoms with E-state index >= 15 is 0 Å². The molecule has 86 valence electrons. The second-order valence-electron chi connectivity index (χ2n) is 3.40. The highest BCUT2D eigenvalue weighted by atomic mass is 16.3. The summed E-state index contributed by atoms with van der Waals surface area (Å²) in [4.78, 5) is 11.3. The van der Waals surface area contributed by atoms with Crippen LogP contribution in [0.15, 0.2) is 24.3 Å². The number of rotatable bonds is 4. The van der Waals surface area contributed by atoms with E-state index in [4.69, 9.17) is 15.6 Å². The molecule has 0 saturated carbocycles. The zero-order valence-electron chi connectivity index (χ0n) is 8.87. The van der Waals surface area contributed by atoms with Gasteiger partial charge in [0.2, 0.25) is 0 Å². The molecule has 2 atom stereocenters. The molecule has 5 heteroatoms. The van der Waals surface area contributed by atoms with Crippen LogP contribution in [0.2, 0.25) is 0 Å². The molecule has 0 aliphatic rings. The Morgan fingerprint density at radius 1 is 1.24 bits per heavy atom.